The van der Waals surface area contributed by atoms with Crippen LogP contribution in [-0.4, -0.2) is 43.3 Å². The molecule has 2 aliphatic rings. The zero-order chi connectivity index (χ0) is 26.1. The summed E-state index contributed by atoms with van der Waals surface area (Å²) in [7, 11) is 1.91. The number of carbonyl (C=O) groups excluding carboxylic acids is 1. The maximum atomic E-state index is 14.2. The Morgan fingerprint density at radius 2 is 2.08 bits per heavy atom. The third kappa shape index (κ3) is 5.16. The molecule has 0 spiro atoms. The Kier molecular flexibility index (Phi) is 7.36. The van der Waals surface area contributed by atoms with Crippen LogP contribution in [0.25, 0.3) is 11.1 Å². The minimum Gasteiger partial charge on any atom is -0.342 e. The lowest BCUT2D eigenvalue weighted by Gasteiger charge is -2.36. The van der Waals surface area contributed by atoms with E-state index in [1.165, 1.54) is 5.56 Å². The van der Waals surface area contributed by atoms with E-state index in [9.17, 15) is 4.79 Å². The van der Waals surface area contributed by atoms with E-state index in [0.717, 1.165) is 65.0 Å². The van der Waals surface area contributed by atoms with Gasteiger partial charge in [0.05, 0.1) is 12.0 Å². The van der Waals surface area contributed by atoms with E-state index in [0.29, 0.717) is 17.6 Å². The fourth-order valence-corrected chi connectivity index (χ4v) is 5.83. The van der Waals surface area contributed by atoms with Gasteiger partial charge in [0.25, 0.3) is 0 Å². The van der Waals surface area contributed by atoms with Gasteiger partial charge in [0, 0.05) is 35.9 Å². The second-order valence-electron chi connectivity index (χ2n) is 10.2. The van der Waals surface area contributed by atoms with Crippen molar-refractivity contribution in [3.05, 3.63) is 81.9 Å². The maximum absolute atomic E-state index is 14.2. The molecule has 37 heavy (non-hydrogen) atoms. The number of aryl methyl sites for hydroxylation is 3. The number of likely N-dealkylation sites (N-methyl/N-ethyl adjacent to an activating group) is 1. The Hall–Kier alpha value is -3.15. The molecule has 0 aliphatic carbocycles. The van der Waals surface area contributed by atoms with Gasteiger partial charge >= 0.3 is 0 Å². The zero-order valence-corrected chi connectivity index (χ0v) is 22.8. The van der Waals surface area contributed by atoms with Crippen molar-refractivity contribution in [1.82, 2.24) is 10.2 Å². The monoisotopic (exact) mass is 513 g/mol. The first-order valence-electron chi connectivity index (χ1n) is 13.1. The smallest absolute Gasteiger partial charge is 0.250 e. The number of carbonyl (C=O) groups is 1. The molecule has 2 atom stereocenters. The number of benzene rings is 3. The first-order chi connectivity index (χ1) is 17.9. The van der Waals surface area contributed by atoms with Gasteiger partial charge in [0.2, 0.25) is 5.91 Å². The van der Waals surface area contributed by atoms with Gasteiger partial charge in [0.15, 0.2) is 0 Å². The molecule has 0 aromatic heterocycles. The van der Waals surface area contributed by atoms with Crippen molar-refractivity contribution in [2.75, 3.05) is 25.0 Å². The van der Waals surface area contributed by atoms with Gasteiger partial charge in [-0.05, 0) is 104 Å². The number of anilines is 1. The minimum absolute atomic E-state index is 0.0429. The van der Waals surface area contributed by atoms with Crippen molar-refractivity contribution < 1.29 is 4.79 Å². The number of rotatable bonds is 6. The summed E-state index contributed by atoms with van der Waals surface area (Å²) in [5.41, 5.74) is 8.15. The predicted molar refractivity (Wildman–Crippen MR) is 153 cm³/mol. The number of nitrogens with zero attached hydrogens (tertiary/aromatic N) is 3. The summed E-state index contributed by atoms with van der Waals surface area (Å²) in [6.07, 6.45) is 4.93. The highest BCUT2D eigenvalue weighted by molar-refractivity contribution is 6.31. The Labute approximate surface area is 225 Å². The molecule has 1 radical (unpaired) electrons. The first-order valence-corrected chi connectivity index (χ1v) is 13.5. The van der Waals surface area contributed by atoms with Crippen molar-refractivity contribution in [2.45, 2.75) is 52.1 Å². The lowest BCUT2D eigenvalue weighted by Crippen LogP contribution is -2.46. The number of fused-ring (bicyclic) bond motifs is 1. The van der Waals surface area contributed by atoms with E-state index in [4.69, 9.17) is 16.6 Å². The second-order valence-corrected chi connectivity index (χ2v) is 10.6. The molecule has 2 aliphatic heterocycles. The fraction of sp³-hybridized carbons (Fsp3) is 0.355. The summed E-state index contributed by atoms with van der Waals surface area (Å²) in [6, 6.07) is 19.5. The van der Waals surface area contributed by atoms with E-state index in [2.05, 4.69) is 49.5 Å². The van der Waals surface area contributed by atoms with Crippen LogP contribution in [0.5, 0.6) is 0 Å². The van der Waals surface area contributed by atoms with Crippen LogP contribution in [0.15, 0.2) is 53.5 Å². The summed E-state index contributed by atoms with van der Waals surface area (Å²) < 4.78 is 0. The first kappa shape index (κ1) is 25.5. The number of nitrogens with one attached hydrogen (secondary N) is 1. The van der Waals surface area contributed by atoms with E-state index >= 15 is 0 Å². The zero-order valence-electron chi connectivity index (χ0n) is 22.0. The molecule has 0 saturated carbocycles. The molecule has 191 valence electrons. The number of hydrogen-bond acceptors (Lipinski definition) is 4. The topological polar surface area (TPSA) is 47.9 Å². The van der Waals surface area contributed by atoms with Crippen molar-refractivity contribution in [3.8, 4) is 11.1 Å². The number of halogens is 1. The van der Waals surface area contributed by atoms with Crippen molar-refractivity contribution >= 4 is 35.2 Å². The number of amides is 1. The molecule has 1 amide bonds. The van der Waals surface area contributed by atoms with E-state index in [1.807, 2.05) is 48.0 Å². The average molecular weight is 514 g/mol. The molecular formula is C31H34ClN4O. The summed E-state index contributed by atoms with van der Waals surface area (Å²) >= 11 is 6.45. The van der Waals surface area contributed by atoms with Crippen LogP contribution >= 0.6 is 11.6 Å². The molecule has 1 N–H and O–H groups in total. The normalized spacial score (nSPS) is 18.7. The molecule has 1 unspecified atom stereocenters. The summed E-state index contributed by atoms with van der Waals surface area (Å²) in [5, 5.41) is 4.16. The highest BCUT2D eigenvalue weighted by Gasteiger charge is 2.36. The Bertz CT molecular complexity index is 1320. The van der Waals surface area contributed by atoms with Crippen LogP contribution in [0.3, 0.4) is 0 Å². The van der Waals surface area contributed by atoms with E-state index in [1.54, 1.807) is 6.34 Å². The lowest BCUT2D eigenvalue weighted by molar-refractivity contribution is -0.131. The van der Waals surface area contributed by atoms with Gasteiger partial charge in [-0.15, -0.1) is 0 Å². The SMILES string of the molecule is CCc1ccc[c]c1-c1cc2c(cc1C)N=CN(c1cc(C)cc(Cl)c1)C2C(=O)N(C)C[C@@H]1CCCN1. The lowest BCUT2D eigenvalue weighted by atomic mass is 9.89. The molecule has 0 bridgehead atoms. The highest BCUT2D eigenvalue weighted by atomic mass is 35.5. The molecule has 5 rings (SSSR count). The largest absolute Gasteiger partial charge is 0.342 e. The molecule has 6 heteroatoms. The van der Waals surface area contributed by atoms with Gasteiger partial charge in [-0.1, -0.05) is 36.7 Å². The van der Waals surface area contributed by atoms with Crippen molar-refractivity contribution in [2.24, 2.45) is 4.99 Å². The van der Waals surface area contributed by atoms with Crippen LogP contribution in [0.4, 0.5) is 11.4 Å². The van der Waals surface area contributed by atoms with E-state index < -0.39 is 6.04 Å². The van der Waals surface area contributed by atoms with Crippen LogP contribution in [0, 0.1) is 19.9 Å². The van der Waals surface area contributed by atoms with Crippen molar-refractivity contribution in [3.63, 3.8) is 0 Å². The van der Waals surface area contributed by atoms with Crippen LogP contribution in [0.2, 0.25) is 5.02 Å². The maximum Gasteiger partial charge on any atom is 0.250 e. The Balaban J connectivity index is 1.63. The quantitative estimate of drug-likeness (QED) is 0.414. The van der Waals surface area contributed by atoms with Crippen LogP contribution in [-0.2, 0) is 11.2 Å². The third-order valence-electron chi connectivity index (χ3n) is 7.45. The molecule has 2 heterocycles. The van der Waals surface area contributed by atoms with Gasteiger partial charge in [-0.3, -0.25) is 4.79 Å². The number of hydrogen-bond donors (Lipinski definition) is 1. The van der Waals surface area contributed by atoms with Gasteiger partial charge in [-0.25, -0.2) is 4.99 Å². The highest BCUT2D eigenvalue weighted by Crippen LogP contribution is 2.42. The van der Waals surface area contributed by atoms with Crippen LogP contribution in [0.1, 0.15) is 48.1 Å². The molecule has 1 fully saturated rings. The van der Waals surface area contributed by atoms with Gasteiger partial charge in [0.1, 0.15) is 6.04 Å². The fourth-order valence-electron chi connectivity index (χ4n) is 5.54. The summed E-state index contributed by atoms with van der Waals surface area (Å²) in [6.45, 7) is 7.96. The molecule has 5 nitrogen and oxygen atoms in total. The van der Waals surface area contributed by atoms with Gasteiger partial charge < -0.3 is 15.1 Å². The van der Waals surface area contributed by atoms with Crippen LogP contribution < -0.4 is 10.2 Å². The minimum atomic E-state index is -0.551. The summed E-state index contributed by atoms with van der Waals surface area (Å²) in [4.78, 5) is 22.9. The molecule has 3 aromatic carbocycles. The second kappa shape index (κ2) is 10.7. The standard InChI is InChI=1S/C31H34ClN4O/c1-5-22-9-6-7-11-26(22)27-17-28-29(15-21(27)3)34-19-36(25-14-20(2)13-23(32)16-25)30(28)31(37)35(4)18-24-10-8-12-33-24/h6-7,9,13-17,19,24,30,33H,5,8,10,12,18H2,1-4H3/t24-,30?/m0/s1. The van der Waals surface area contributed by atoms with Crippen molar-refractivity contribution in [1.29, 1.82) is 0 Å². The summed E-state index contributed by atoms with van der Waals surface area (Å²) in [5.74, 6) is 0.0429. The third-order valence-corrected chi connectivity index (χ3v) is 7.67. The Morgan fingerprint density at radius 3 is 2.81 bits per heavy atom. The van der Waals surface area contributed by atoms with E-state index in [-0.39, 0.29) is 5.91 Å². The number of aliphatic imine (C=N–C) groups is 1. The molecule has 1 saturated heterocycles. The average Bonchev–Trinajstić information content (AvgIpc) is 3.39. The Morgan fingerprint density at radius 1 is 1.24 bits per heavy atom. The molecule has 3 aromatic rings. The predicted octanol–water partition coefficient (Wildman–Crippen LogP) is 6.42. The van der Waals surface area contributed by atoms with Gasteiger partial charge in [-0.2, -0.15) is 0 Å². The molecular weight excluding hydrogens is 480 g/mol.